The van der Waals surface area contributed by atoms with Crippen molar-refractivity contribution in [2.45, 2.75) is 40.0 Å². The quantitative estimate of drug-likeness (QED) is 0.604. The highest BCUT2D eigenvalue weighted by atomic mass is 14.0. The Hall–Kier alpha value is -1.30. The molecule has 0 aliphatic rings. The molecule has 1 rings (SSSR count). The summed E-state index contributed by atoms with van der Waals surface area (Å²) in [7, 11) is 0. The van der Waals surface area contributed by atoms with Crippen LogP contribution in [0.1, 0.15) is 44.7 Å². The van der Waals surface area contributed by atoms with E-state index in [1.807, 2.05) is 0 Å². The van der Waals surface area contributed by atoms with Crippen LogP contribution in [0.2, 0.25) is 0 Å². The van der Waals surface area contributed by atoms with Crippen LogP contribution in [-0.4, -0.2) is 0 Å². The Morgan fingerprint density at radius 1 is 1.06 bits per heavy atom. The highest BCUT2D eigenvalue weighted by Gasteiger charge is 1.97. The molecule has 0 aromatic heterocycles. The van der Waals surface area contributed by atoms with E-state index in [1.165, 1.54) is 16.7 Å². The van der Waals surface area contributed by atoms with E-state index in [2.05, 4.69) is 63.3 Å². The largest absolute Gasteiger partial charge is 0.0848 e. The van der Waals surface area contributed by atoms with E-state index in [1.54, 1.807) is 0 Å². The summed E-state index contributed by atoms with van der Waals surface area (Å²) < 4.78 is 0. The third-order valence-corrected chi connectivity index (χ3v) is 2.78. The number of hydrogen-bond acceptors (Lipinski definition) is 0. The summed E-state index contributed by atoms with van der Waals surface area (Å²) in [5.74, 6) is 0. The van der Waals surface area contributed by atoms with Crippen LogP contribution in [0.3, 0.4) is 0 Å². The van der Waals surface area contributed by atoms with Crippen LogP contribution in [0.25, 0.3) is 5.57 Å². The van der Waals surface area contributed by atoms with E-state index in [-0.39, 0.29) is 0 Å². The second-order valence-corrected chi connectivity index (χ2v) is 3.93. The Balaban J connectivity index is 2.86. The molecule has 0 nitrogen and oxygen atoms in total. The van der Waals surface area contributed by atoms with Crippen LogP contribution in [0.4, 0.5) is 0 Å². The first-order valence-corrected chi connectivity index (χ1v) is 6.26. The Kier molecular flexibility index (Phi) is 5.63. The average Bonchev–Trinajstić information content (AvgIpc) is 2.35. The van der Waals surface area contributed by atoms with Gasteiger partial charge in [-0.25, -0.2) is 0 Å². The van der Waals surface area contributed by atoms with Crippen molar-refractivity contribution in [1.82, 2.24) is 0 Å². The second kappa shape index (κ2) is 7.05. The monoisotopic (exact) mass is 214 g/mol. The molecule has 0 heteroatoms. The summed E-state index contributed by atoms with van der Waals surface area (Å²) in [5.41, 5.74) is 4.16. The van der Waals surface area contributed by atoms with Gasteiger partial charge in [0.2, 0.25) is 0 Å². The molecular formula is C16H22. The molecule has 16 heavy (non-hydrogen) atoms. The van der Waals surface area contributed by atoms with E-state index in [4.69, 9.17) is 0 Å². The van der Waals surface area contributed by atoms with Crippen molar-refractivity contribution in [1.29, 1.82) is 0 Å². The lowest BCUT2D eigenvalue weighted by molar-refractivity contribution is 1.14. The first-order chi connectivity index (χ1) is 7.81. The van der Waals surface area contributed by atoms with Crippen LogP contribution in [0.15, 0.2) is 42.5 Å². The van der Waals surface area contributed by atoms with Crippen molar-refractivity contribution >= 4 is 5.57 Å². The van der Waals surface area contributed by atoms with Gasteiger partial charge >= 0.3 is 0 Å². The maximum Gasteiger partial charge on any atom is -0.0224 e. The van der Waals surface area contributed by atoms with Crippen molar-refractivity contribution in [2.75, 3.05) is 0 Å². The Morgan fingerprint density at radius 2 is 1.75 bits per heavy atom. The van der Waals surface area contributed by atoms with Crippen LogP contribution in [0, 0.1) is 0 Å². The molecule has 0 bridgehead atoms. The average molecular weight is 214 g/mol. The maximum absolute atomic E-state index is 2.23. The molecule has 0 spiro atoms. The standard InChI is InChI=1S/C16H22/c1-4-7-8-9-15(6-3)16-12-10-14(5-2)11-13-16/h7-13H,4-6H2,1-3H3/b8-7-,15-9+. The van der Waals surface area contributed by atoms with Gasteiger partial charge in [-0.2, -0.15) is 0 Å². The molecule has 0 radical (unpaired) electrons. The van der Waals surface area contributed by atoms with Crippen molar-refractivity contribution in [3.05, 3.63) is 53.6 Å². The predicted molar refractivity (Wildman–Crippen MR) is 73.5 cm³/mol. The van der Waals surface area contributed by atoms with Crippen LogP contribution >= 0.6 is 0 Å². The minimum atomic E-state index is 1.08. The Morgan fingerprint density at radius 3 is 2.25 bits per heavy atom. The summed E-state index contributed by atoms with van der Waals surface area (Å²) in [6.45, 7) is 6.56. The predicted octanol–water partition coefficient (Wildman–Crippen LogP) is 5.01. The minimum Gasteiger partial charge on any atom is -0.0848 e. The SMILES string of the molecule is CC/C=C\C=C(/CC)c1ccc(CC)cc1. The number of aryl methyl sites for hydroxylation is 1. The summed E-state index contributed by atoms with van der Waals surface area (Å²) in [6.07, 6.45) is 9.87. The molecule has 1 aromatic carbocycles. The Bertz CT molecular complexity index is 352. The molecule has 0 heterocycles. The molecular weight excluding hydrogens is 192 g/mol. The maximum atomic E-state index is 2.23. The molecule has 0 aliphatic carbocycles. The summed E-state index contributed by atoms with van der Waals surface area (Å²) in [4.78, 5) is 0. The molecule has 1 aromatic rings. The van der Waals surface area contributed by atoms with Gasteiger partial charge in [-0.1, -0.05) is 63.3 Å². The van der Waals surface area contributed by atoms with E-state index in [0.29, 0.717) is 0 Å². The van der Waals surface area contributed by atoms with E-state index in [0.717, 1.165) is 19.3 Å². The van der Waals surface area contributed by atoms with Gasteiger partial charge in [-0.3, -0.25) is 0 Å². The van der Waals surface area contributed by atoms with Gasteiger partial charge in [0, 0.05) is 0 Å². The molecule has 0 aliphatic heterocycles. The third-order valence-electron chi connectivity index (χ3n) is 2.78. The normalized spacial score (nSPS) is 12.3. The topological polar surface area (TPSA) is 0 Å². The van der Waals surface area contributed by atoms with E-state index < -0.39 is 0 Å². The first kappa shape index (κ1) is 12.8. The minimum absolute atomic E-state index is 1.08. The van der Waals surface area contributed by atoms with Crippen LogP contribution in [-0.2, 0) is 6.42 Å². The first-order valence-electron chi connectivity index (χ1n) is 6.26. The lowest BCUT2D eigenvalue weighted by Crippen LogP contribution is -1.85. The Labute approximate surface area is 99.7 Å². The molecule has 0 saturated heterocycles. The summed E-state index contributed by atoms with van der Waals surface area (Å²) in [5, 5.41) is 0. The van der Waals surface area contributed by atoms with Gasteiger partial charge in [-0.15, -0.1) is 0 Å². The van der Waals surface area contributed by atoms with Crippen LogP contribution < -0.4 is 0 Å². The number of allylic oxidation sites excluding steroid dienone is 4. The van der Waals surface area contributed by atoms with Gasteiger partial charge in [0.1, 0.15) is 0 Å². The molecule has 86 valence electrons. The molecule has 0 unspecified atom stereocenters. The highest BCUT2D eigenvalue weighted by molar-refractivity contribution is 5.66. The van der Waals surface area contributed by atoms with Gasteiger partial charge in [-0.05, 0) is 36.0 Å². The van der Waals surface area contributed by atoms with E-state index in [9.17, 15) is 0 Å². The molecule has 0 amide bonds. The van der Waals surface area contributed by atoms with Gasteiger partial charge in [0.05, 0.1) is 0 Å². The van der Waals surface area contributed by atoms with Gasteiger partial charge in [0.25, 0.3) is 0 Å². The van der Waals surface area contributed by atoms with E-state index >= 15 is 0 Å². The fourth-order valence-corrected chi connectivity index (χ4v) is 1.69. The molecule has 0 fully saturated rings. The summed E-state index contributed by atoms with van der Waals surface area (Å²) in [6, 6.07) is 8.91. The number of hydrogen-bond donors (Lipinski definition) is 0. The zero-order chi connectivity index (χ0) is 11.8. The summed E-state index contributed by atoms with van der Waals surface area (Å²) >= 11 is 0. The van der Waals surface area contributed by atoms with Crippen molar-refractivity contribution < 1.29 is 0 Å². The van der Waals surface area contributed by atoms with Crippen molar-refractivity contribution in [2.24, 2.45) is 0 Å². The second-order valence-electron chi connectivity index (χ2n) is 3.93. The fourth-order valence-electron chi connectivity index (χ4n) is 1.69. The number of benzene rings is 1. The molecule has 0 atom stereocenters. The fraction of sp³-hybridized carbons (Fsp3) is 0.375. The van der Waals surface area contributed by atoms with Gasteiger partial charge in [0.15, 0.2) is 0 Å². The lowest BCUT2D eigenvalue weighted by Gasteiger charge is -2.05. The van der Waals surface area contributed by atoms with Gasteiger partial charge < -0.3 is 0 Å². The highest BCUT2D eigenvalue weighted by Crippen LogP contribution is 2.18. The molecule has 0 N–H and O–H groups in total. The van der Waals surface area contributed by atoms with Crippen LogP contribution in [0.5, 0.6) is 0 Å². The smallest absolute Gasteiger partial charge is 0.0224 e. The third kappa shape index (κ3) is 3.69. The van der Waals surface area contributed by atoms with Crippen molar-refractivity contribution in [3.8, 4) is 0 Å². The number of rotatable bonds is 5. The zero-order valence-corrected chi connectivity index (χ0v) is 10.7. The lowest BCUT2D eigenvalue weighted by atomic mass is 10.0. The molecule has 0 saturated carbocycles. The van der Waals surface area contributed by atoms with Crippen molar-refractivity contribution in [3.63, 3.8) is 0 Å². The zero-order valence-electron chi connectivity index (χ0n) is 10.7.